The van der Waals surface area contributed by atoms with E-state index < -0.39 is 0 Å². The maximum Gasteiger partial charge on any atom is 0.202 e. The number of nitrogens with zero attached hydrogens (tertiary/aromatic N) is 1. The van der Waals surface area contributed by atoms with Gasteiger partial charge in [-0.25, -0.2) is 0 Å². The molecule has 0 spiro atoms. The number of nitriles is 1. The number of benzene rings is 1. The molecule has 0 N–H and O–H groups in total. The summed E-state index contributed by atoms with van der Waals surface area (Å²) in [7, 11) is 0. The molecule has 2 rings (SSSR count). The van der Waals surface area contributed by atoms with Crippen LogP contribution in [0, 0.1) is 11.3 Å². The summed E-state index contributed by atoms with van der Waals surface area (Å²) in [6, 6.07) is 15.0. The molecule has 1 heterocycles. The minimum atomic E-state index is 0.107. The normalized spacial score (nSPS) is 8.71. The Kier molecular flexibility index (Phi) is 5.70. The first-order valence-corrected chi connectivity index (χ1v) is 6.17. The van der Waals surface area contributed by atoms with E-state index in [-0.39, 0.29) is 5.78 Å². The first-order valence-electron chi connectivity index (χ1n) is 5.29. The van der Waals surface area contributed by atoms with Crippen LogP contribution in [-0.2, 0) is 0 Å². The maximum absolute atomic E-state index is 11.7. The van der Waals surface area contributed by atoms with E-state index >= 15 is 0 Å². The van der Waals surface area contributed by atoms with Crippen molar-refractivity contribution in [3.8, 4) is 6.07 Å². The van der Waals surface area contributed by atoms with Crippen molar-refractivity contribution < 1.29 is 4.79 Å². The molecule has 0 bridgehead atoms. The Morgan fingerprint density at radius 2 is 1.88 bits per heavy atom. The van der Waals surface area contributed by atoms with Gasteiger partial charge in [-0.2, -0.15) is 5.26 Å². The average Bonchev–Trinajstić information content (AvgIpc) is 2.93. The Morgan fingerprint density at radius 1 is 1.24 bits per heavy atom. The van der Waals surface area contributed by atoms with Gasteiger partial charge in [-0.3, -0.25) is 4.79 Å². The van der Waals surface area contributed by atoms with Gasteiger partial charge in [0, 0.05) is 12.0 Å². The van der Waals surface area contributed by atoms with E-state index in [1.54, 1.807) is 0 Å². The molecule has 1 aromatic heterocycles. The van der Waals surface area contributed by atoms with Crippen LogP contribution in [0.2, 0.25) is 0 Å². The smallest absolute Gasteiger partial charge is 0.202 e. The van der Waals surface area contributed by atoms with Crippen LogP contribution in [0.25, 0.3) is 0 Å². The molecular formula is C14H13NOS. The summed E-state index contributed by atoms with van der Waals surface area (Å²) in [5, 5.41) is 9.54. The van der Waals surface area contributed by atoms with E-state index in [0.29, 0.717) is 6.42 Å². The second-order valence-corrected chi connectivity index (χ2v) is 4.13. The van der Waals surface area contributed by atoms with Crippen molar-refractivity contribution in [2.45, 2.75) is 13.3 Å². The molecule has 0 aliphatic carbocycles. The first-order chi connectivity index (χ1) is 8.29. The van der Waals surface area contributed by atoms with Crippen LogP contribution >= 0.6 is 11.3 Å². The van der Waals surface area contributed by atoms with Crippen LogP contribution in [0.1, 0.15) is 28.6 Å². The van der Waals surface area contributed by atoms with Gasteiger partial charge in [-0.1, -0.05) is 43.3 Å². The topological polar surface area (TPSA) is 40.9 Å². The Bertz CT molecular complexity index is 483. The third kappa shape index (κ3) is 4.21. The van der Waals surface area contributed by atoms with Gasteiger partial charge in [0.2, 0.25) is 5.78 Å². The molecule has 0 saturated heterocycles. The lowest BCUT2D eigenvalue weighted by Crippen LogP contribution is -1.96. The predicted octanol–water partition coefficient (Wildman–Crippen LogP) is 3.90. The highest BCUT2D eigenvalue weighted by atomic mass is 32.1. The molecule has 1 aromatic carbocycles. The van der Waals surface area contributed by atoms with Gasteiger partial charge in [0.15, 0.2) is 0 Å². The second kappa shape index (κ2) is 7.37. The number of hydrogen-bond acceptors (Lipinski definition) is 3. The van der Waals surface area contributed by atoms with E-state index in [0.717, 1.165) is 10.4 Å². The average molecular weight is 243 g/mol. The lowest BCUT2D eigenvalue weighted by Gasteiger charge is -1.95. The van der Waals surface area contributed by atoms with Crippen molar-refractivity contribution >= 4 is 17.1 Å². The molecule has 17 heavy (non-hydrogen) atoms. The Morgan fingerprint density at radius 3 is 2.35 bits per heavy atom. The van der Waals surface area contributed by atoms with E-state index in [2.05, 4.69) is 0 Å². The van der Waals surface area contributed by atoms with Gasteiger partial charge in [-0.15, -0.1) is 11.3 Å². The van der Waals surface area contributed by atoms with Gasteiger partial charge in [0.05, 0.1) is 10.9 Å². The molecular weight excluding hydrogens is 230 g/mol. The number of hydrogen-bond donors (Lipinski definition) is 0. The zero-order valence-corrected chi connectivity index (χ0v) is 10.4. The van der Waals surface area contributed by atoms with E-state index in [4.69, 9.17) is 5.26 Å². The molecule has 0 amide bonds. The SMILES string of the molecule is CCC#N.O=C(c1ccccc1)c1cccs1. The quantitative estimate of drug-likeness (QED) is 0.750. The van der Waals surface area contributed by atoms with Gasteiger partial charge in [0.1, 0.15) is 0 Å². The van der Waals surface area contributed by atoms with Gasteiger partial charge in [0.25, 0.3) is 0 Å². The van der Waals surface area contributed by atoms with Crippen molar-refractivity contribution in [2.75, 3.05) is 0 Å². The molecule has 0 fully saturated rings. The van der Waals surface area contributed by atoms with Crippen LogP contribution in [0.15, 0.2) is 47.8 Å². The van der Waals surface area contributed by atoms with Crippen LogP contribution in [0.5, 0.6) is 0 Å². The van der Waals surface area contributed by atoms with E-state index in [1.807, 2.05) is 60.8 Å². The summed E-state index contributed by atoms with van der Waals surface area (Å²) in [6.45, 7) is 1.82. The number of carbonyl (C=O) groups is 1. The summed E-state index contributed by atoms with van der Waals surface area (Å²) in [5.74, 6) is 0.107. The van der Waals surface area contributed by atoms with Crippen LogP contribution in [-0.4, -0.2) is 5.78 Å². The minimum absolute atomic E-state index is 0.107. The Hall–Kier alpha value is -1.92. The maximum atomic E-state index is 11.7. The summed E-state index contributed by atoms with van der Waals surface area (Å²) in [4.78, 5) is 12.5. The molecule has 3 heteroatoms. The predicted molar refractivity (Wildman–Crippen MR) is 70.1 cm³/mol. The van der Waals surface area contributed by atoms with Crippen LogP contribution in [0.4, 0.5) is 0 Å². The highest BCUT2D eigenvalue weighted by molar-refractivity contribution is 7.12. The number of ketones is 1. The summed E-state index contributed by atoms with van der Waals surface area (Å²) in [6.07, 6.45) is 0.625. The minimum Gasteiger partial charge on any atom is -0.288 e. The van der Waals surface area contributed by atoms with E-state index in [9.17, 15) is 4.79 Å². The molecule has 0 saturated carbocycles. The highest BCUT2D eigenvalue weighted by Gasteiger charge is 2.07. The molecule has 0 unspecified atom stereocenters. The van der Waals surface area contributed by atoms with Crippen molar-refractivity contribution in [1.82, 2.24) is 0 Å². The second-order valence-electron chi connectivity index (χ2n) is 3.18. The van der Waals surface area contributed by atoms with Crippen molar-refractivity contribution in [3.63, 3.8) is 0 Å². The number of rotatable bonds is 2. The number of thiophene rings is 1. The summed E-state index contributed by atoms with van der Waals surface area (Å²) >= 11 is 1.48. The van der Waals surface area contributed by atoms with Gasteiger partial charge in [-0.05, 0) is 11.4 Å². The largest absolute Gasteiger partial charge is 0.288 e. The molecule has 86 valence electrons. The fraction of sp³-hybridized carbons (Fsp3) is 0.143. The number of carbonyl (C=O) groups excluding carboxylic acids is 1. The van der Waals surface area contributed by atoms with Crippen molar-refractivity contribution in [2.24, 2.45) is 0 Å². The van der Waals surface area contributed by atoms with Crippen LogP contribution < -0.4 is 0 Å². The lowest BCUT2D eigenvalue weighted by molar-refractivity contribution is 0.104. The van der Waals surface area contributed by atoms with E-state index in [1.165, 1.54) is 11.3 Å². The molecule has 0 aliphatic heterocycles. The van der Waals surface area contributed by atoms with Crippen LogP contribution in [0.3, 0.4) is 0 Å². The molecule has 0 aliphatic rings. The third-order valence-corrected chi connectivity index (χ3v) is 2.81. The van der Waals surface area contributed by atoms with Crippen molar-refractivity contribution in [3.05, 3.63) is 58.3 Å². The fourth-order valence-electron chi connectivity index (χ4n) is 1.14. The van der Waals surface area contributed by atoms with Gasteiger partial charge >= 0.3 is 0 Å². The Labute approximate surface area is 105 Å². The summed E-state index contributed by atoms with van der Waals surface area (Å²) in [5.41, 5.74) is 0.755. The zero-order valence-electron chi connectivity index (χ0n) is 9.59. The molecule has 0 radical (unpaired) electrons. The highest BCUT2D eigenvalue weighted by Crippen LogP contribution is 2.14. The lowest BCUT2D eigenvalue weighted by atomic mass is 10.1. The monoisotopic (exact) mass is 243 g/mol. The van der Waals surface area contributed by atoms with Crippen molar-refractivity contribution in [1.29, 1.82) is 5.26 Å². The standard InChI is InChI=1S/C11H8OS.C3H5N/c12-11(10-7-4-8-13-10)9-5-2-1-3-6-9;1-2-3-4/h1-8H;2H2,1H3. The first kappa shape index (κ1) is 13.1. The Balaban J connectivity index is 0.000000317. The fourth-order valence-corrected chi connectivity index (χ4v) is 1.83. The third-order valence-electron chi connectivity index (χ3n) is 1.94. The summed E-state index contributed by atoms with van der Waals surface area (Å²) < 4.78 is 0. The molecule has 2 aromatic rings. The molecule has 0 atom stereocenters. The zero-order chi connectivity index (χ0) is 12.5. The van der Waals surface area contributed by atoms with Gasteiger partial charge < -0.3 is 0 Å². The molecule has 2 nitrogen and oxygen atoms in total.